The molecule has 0 spiro atoms. The molecule has 1 saturated heterocycles. The van der Waals surface area contributed by atoms with E-state index in [-0.39, 0.29) is 5.92 Å². The molecule has 3 heterocycles. The molecule has 1 aliphatic heterocycles. The van der Waals surface area contributed by atoms with Crippen molar-refractivity contribution in [3.63, 3.8) is 0 Å². The van der Waals surface area contributed by atoms with Crippen LogP contribution in [0.2, 0.25) is 5.15 Å². The minimum absolute atomic E-state index is 0.0430. The van der Waals surface area contributed by atoms with Crippen molar-refractivity contribution >= 4 is 23.2 Å². The number of rotatable bonds is 3. The topological polar surface area (TPSA) is 80.0 Å². The van der Waals surface area contributed by atoms with Crippen LogP contribution in [-0.4, -0.2) is 50.7 Å². The van der Waals surface area contributed by atoms with Crippen LogP contribution in [0.1, 0.15) is 30.3 Å². The van der Waals surface area contributed by atoms with E-state index in [0.717, 1.165) is 29.9 Å². The van der Waals surface area contributed by atoms with Gasteiger partial charge in [-0.1, -0.05) is 11.6 Å². The van der Waals surface area contributed by atoms with Gasteiger partial charge in [-0.15, -0.1) is 0 Å². The fourth-order valence-corrected chi connectivity index (χ4v) is 3.15. The number of piperidine rings is 1. The highest BCUT2D eigenvalue weighted by Crippen LogP contribution is 2.29. The highest BCUT2D eigenvalue weighted by Gasteiger charge is 2.28. The van der Waals surface area contributed by atoms with Gasteiger partial charge in [0.05, 0.1) is 24.7 Å². The van der Waals surface area contributed by atoms with Gasteiger partial charge in [0.15, 0.2) is 5.15 Å². The molecule has 0 aromatic carbocycles. The quantitative estimate of drug-likeness (QED) is 0.937. The van der Waals surface area contributed by atoms with Crippen molar-refractivity contribution in [2.45, 2.75) is 25.4 Å². The maximum absolute atomic E-state index is 11.2. The standard InChI is InChI=1S/C14H17ClN4O3/c1-22-8-10-5-16-12(15)11-6-17-13(19(10)11)9-3-2-4-18(7-9)14(20)21/h5-6,9H,2-4,7-8H2,1H3,(H,20,21). The molecule has 1 unspecified atom stereocenters. The van der Waals surface area contributed by atoms with E-state index in [1.807, 2.05) is 4.40 Å². The average Bonchev–Trinajstić information content (AvgIpc) is 2.96. The molecule has 0 bridgehead atoms. The Morgan fingerprint density at radius 3 is 3.05 bits per heavy atom. The zero-order chi connectivity index (χ0) is 15.7. The van der Waals surface area contributed by atoms with E-state index in [2.05, 4.69) is 9.97 Å². The first-order chi connectivity index (χ1) is 10.6. The lowest BCUT2D eigenvalue weighted by Crippen LogP contribution is -2.38. The molecule has 118 valence electrons. The highest BCUT2D eigenvalue weighted by atomic mass is 35.5. The number of carboxylic acid groups (broad SMARTS) is 1. The Kier molecular flexibility index (Phi) is 4.17. The second-order valence-corrected chi connectivity index (χ2v) is 5.74. The molecule has 22 heavy (non-hydrogen) atoms. The first-order valence-corrected chi connectivity index (χ1v) is 7.47. The number of methoxy groups -OCH3 is 1. The van der Waals surface area contributed by atoms with Gasteiger partial charge in [-0.05, 0) is 12.8 Å². The third-order valence-corrected chi connectivity index (χ3v) is 4.26. The van der Waals surface area contributed by atoms with Crippen LogP contribution in [0, 0.1) is 0 Å². The van der Waals surface area contributed by atoms with Gasteiger partial charge in [0.25, 0.3) is 0 Å². The Labute approximate surface area is 132 Å². The summed E-state index contributed by atoms with van der Waals surface area (Å²) in [6.07, 6.45) is 4.19. The molecule has 7 nitrogen and oxygen atoms in total. The van der Waals surface area contributed by atoms with Gasteiger partial charge in [0, 0.05) is 26.1 Å². The number of aromatic nitrogens is 3. The van der Waals surface area contributed by atoms with Crippen LogP contribution < -0.4 is 0 Å². The number of imidazole rings is 1. The lowest BCUT2D eigenvalue weighted by atomic mass is 9.97. The Morgan fingerprint density at radius 2 is 2.32 bits per heavy atom. The summed E-state index contributed by atoms with van der Waals surface area (Å²) < 4.78 is 7.15. The largest absolute Gasteiger partial charge is 0.465 e. The molecule has 2 aromatic heterocycles. The van der Waals surface area contributed by atoms with E-state index >= 15 is 0 Å². The number of ether oxygens (including phenoxy) is 1. The van der Waals surface area contributed by atoms with Crippen LogP contribution in [0.3, 0.4) is 0 Å². The number of amides is 1. The van der Waals surface area contributed by atoms with Crippen LogP contribution in [0.15, 0.2) is 12.4 Å². The van der Waals surface area contributed by atoms with E-state index in [1.54, 1.807) is 19.5 Å². The molecule has 1 fully saturated rings. The minimum Gasteiger partial charge on any atom is -0.465 e. The Balaban J connectivity index is 2.03. The monoisotopic (exact) mass is 324 g/mol. The Bertz CT molecular complexity index is 703. The maximum Gasteiger partial charge on any atom is 0.407 e. The summed E-state index contributed by atoms with van der Waals surface area (Å²) in [5, 5.41) is 9.58. The zero-order valence-corrected chi connectivity index (χ0v) is 13.0. The lowest BCUT2D eigenvalue weighted by molar-refractivity contribution is 0.129. The van der Waals surface area contributed by atoms with Gasteiger partial charge in [-0.25, -0.2) is 14.8 Å². The van der Waals surface area contributed by atoms with E-state index in [1.165, 1.54) is 4.90 Å². The zero-order valence-electron chi connectivity index (χ0n) is 12.2. The van der Waals surface area contributed by atoms with Crippen LogP contribution in [0.4, 0.5) is 4.79 Å². The first kappa shape index (κ1) is 15.1. The van der Waals surface area contributed by atoms with Crippen LogP contribution in [0.25, 0.3) is 5.52 Å². The predicted octanol–water partition coefficient (Wildman–Crippen LogP) is 2.39. The van der Waals surface area contributed by atoms with Gasteiger partial charge in [0.1, 0.15) is 11.3 Å². The van der Waals surface area contributed by atoms with Crippen molar-refractivity contribution in [2.24, 2.45) is 0 Å². The van der Waals surface area contributed by atoms with Crippen molar-refractivity contribution < 1.29 is 14.6 Å². The summed E-state index contributed by atoms with van der Waals surface area (Å²) >= 11 is 6.14. The summed E-state index contributed by atoms with van der Waals surface area (Å²) in [5.74, 6) is 0.860. The van der Waals surface area contributed by atoms with Crippen LogP contribution in [0.5, 0.6) is 0 Å². The first-order valence-electron chi connectivity index (χ1n) is 7.09. The van der Waals surface area contributed by atoms with Gasteiger partial charge < -0.3 is 14.7 Å². The molecule has 1 atom stereocenters. The molecule has 3 rings (SSSR count). The number of hydrogen-bond acceptors (Lipinski definition) is 4. The van der Waals surface area contributed by atoms with Gasteiger partial charge in [0.2, 0.25) is 0 Å². The summed E-state index contributed by atoms with van der Waals surface area (Å²) in [4.78, 5) is 21.3. The number of nitrogens with zero attached hydrogens (tertiary/aromatic N) is 4. The van der Waals surface area contributed by atoms with Crippen LogP contribution in [-0.2, 0) is 11.3 Å². The molecular formula is C14H17ClN4O3. The van der Waals surface area contributed by atoms with E-state index in [0.29, 0.717) is 24.8 Å². The molecule has 1 aliphatic rings. The van der Waals surface area contributed by atoms with Crippen molar-refractivity contribution in [1.29, 1.82) is 0 Å². The van der Waals surface area contributed by atoms with Crippen molar-refractivity contribution in [3.05, 3.63) is 29.1 Å². The highest BCUT2D eigenvalue weighted by molar-refractivity contribution is 6.32. The second kappa shape index (κ2) is 6.10. The third-order valence-electron chi connectivity index (χ3n) is 3.96. The van der Waals surface area contributed by atoms with Crippen molar-refractivity contribution in [1.82, 2.24) is 19.3 Å². The Hall–Kier alpha value is -1.86. The van der Waals surface area contributed by atoms with E-state index < -0.39 is 6.09 Å². The van der Waals surface area contributed by atoms with Crippen LogP contribution >= 0.6 is 11.6 Å². The molecule has 8 heteroatoms. The maximum atomic E-state index is 11.2. The second-order valence-electron chi connectivity index (χ2n) is 5.38. The lowest BCUT2D eigenvalue weighted by Gasteiger charge is -2.30. The van der Waals surface area contributed by atoms with E-state index in [9.17, 15) is 9.90 Å². The molecular weight excluding hydrogens is 308 g/mol. The van der Waals surface area contributed by atoms with Gasteiger partial charge in [-0.2, -0.15) is 0 Å². The van der Waals surface area contributed by atoms with Crippen molar-refractivity contribution in [3.8, 4) is 0 Å². The summed E-state index contributed by atoms with van der Waals surface area (Å²) in [6, 6.07) is 0. The smallest absolute Gasteiger partial charge is 0.407 e. The average molecular weight is 325 g/mol. The SMILES string of the molecule is COCc1cnc(Cl)c2cnc(C3CCCN(C(=O)O)C3)n12. The summed E-state index contributed by atoms with van der Waals surface area (Å²) in [6.45, 7) is 1.41. The molecule has 0 radical (unpaired) electrons. The normalized spacial score (nSPS) is 18.8. The third kappa shape index (κ3) is 2.62. The summed E-state index contributed by atoms with van der Waals surface area (Å²) in [5.41, 5.74) is 1.57. The van der Waals surface area contributed by atoms with Crippen molar-refractivity contribution in [2.75, 3.05) is 20.2 Å². The molecule has 1 N–H and O–H groups in total. The fourth-order valence-electron chi connectivity index (χ4n) is 2.97. The number of carbonyl (C=O) groups is 1. The van der Waals surface area contributed by atoms with Gasteiger partial charge in [-0.3, -0.25) is 4.40 Å². The predicted molar refractivity (Wildman–Crippen MR) is 80.3 cm³/mol. The number of fused-ring (bicyclic) bond motifs is 1. The minimum atomic E-state index is -0.887. The summed E-state index contributed by atoms with van der Waals surface area (Å²) in [7, 11) is 1.61. The van der Waals surface area contributed by atoms with E-state index in [4.69, 9.17) is 16.3 Å². The Morgan fingerprint density at radius 1 is 1.50 bits per heavy atom. The number of hydrogen-bond donors (Lipinski definition) is 1. The molecule has 1 amide bonds. The van der Waals surface area contributed by atoms with Gasteiger partial charge >= 0.3 is 6.09 Å². The molecule has 2 aromatic rings. The fraction of sp³-hybridized carbons (Fsp3) is 0.500. The molecule has 0 aliphatic carbocycles. The number of halogens is 1. The molecule has 0 saturated carbocycles. The number of likely N-dealkylation sites (tertiary alicyclic amines) is 1.